The van der Waals surface area contributed by atoms with Crippen molar-refractivity contribution in [3.8, 4) is 5.75 Å². The molecule has 0 saturated carbocycles. The van der Waals surface area contributed by atoms with E-state index in [1.54, 1.807) is 31.6 Å². The minimum absolute atomic E-state index is 0.664. The van der Waals surface area contributed by atoms with Gasteiger partial charge in [0.25, 0.3) is 0 Å². The minimum atomic E-state index is 0.664. The number of benzene rings is 1. The van der Waals surface area contributed by atoms with E-state index in [9.17, 15) is 0 Å². The molecule has 5 heteroatoms. The summed E-state index contributed by atoms with van der Waals surface area (Å²) >= 11 is 1.43. The van der Waals surface area contributed by atoms with Crippen LogP contribution in [-0.2, 0) is 0 Å². The van der Waals surface area contributed by atoms with Gasteiger partial charge >= 0.3 is 0 Å². The highest BCUT2D eigenvalue weighted by molar-refractivity contribution is 7.99. The average molecular weight is 233 g/mol. The molecule has 2 rings (SSSR count). The van der Waals surface area contributed by atoms with Crippen LogP contribution < -0.4 is 10.5 Å². The van der Waals surface area contributed by atoms with Gasteiger partial charge in [0.15, 0.2) is 5.16 Å². The topological polar surface area (TPSA) is 61.0 Å². The second kappa shape index (κ2) is 4.85. The van der Waals surface area contributed by atoms with Crippen molar-refractivity contribution >= 4 is 17.4 Å². The second-order valence-electron chi connectivity index (χ2n) is 3.04. The van der Waals surface area contributed by atoms with E-state index in [0.717, 1.165) is 10.6 Å². The first kappa shape index (κ1) is 10.8. The van der Waals surface area contributed by atoms with Gasteiger partial charge in [0, 0.05) is 29.0 Å². The van der Waals surface area contributed by atoms with E-state index in [2.05, 4.69) is 9.97 Å². The Kier molecular flexibility index (Phi) is 3.26. The van der Waals surface area contributed by atoms with E-state index in [4.69, 9.17) is 10.5 Å². The third-order valence-electron chi connectivity index (χ3n) is 1.96. The molecule has 0 aliphatic carbocycles. The molecule has 0 radical (unpaired) electrons. The summed E-state index contributed by atoms with van der Waals surface area (Å²) in [6.07, 6.45) is 3.41. The third kappa shape index (κ3) is 2.43. The Morgan fingerprint density at radius 1 is 1.25 bits per heavy atom. The second-order valence-corrected chi connectivity index (χ2v) is 4.05. The minimum Gasteiger partial charge on any atom is -0.497 e. The highest BCUT2D eigenvalue weighted by Gasteiger charge is 2.04. The normalized spacial score (nSPS) is 10.1. The van der Waals surface area contributed by atoms with Gasteiger partial charge in [-0.25, -0.2) is 9.97 Å². The van der Waals surface area contributed by atoms with Crippen LogP contribution in [0.3, 0.4) is 0 Å². The molecule has 0 bridgehead atoms. The molecule has 0 fully saturated rings. The summed E-state index contributed by atoms with van der Waals surface area (Å²) in [6.45, 7) is 0. The lowest BCUT2D eigenvalue weighted by Crippen LogP contribution is -1.92. The van der Waals surface area contributed by atoms with Gasteiger partial charge in [0.1, 0.15) is 5.75 Å². The monoisotopic (exact) mass is 233 g/mol. The zero-order valence-electron chi connectivity index (χ0n) is 8.75. The molecule has 0 aliphatic heterocycles. The lowest BCUT2D eigenvalue weighted by atomic mass is 10.3. The van der Waals surface area contributed by atoms with Crippen LogP contribution in [0.4, 0.5) is 5.69 Å². The Morgan fingerprint density at radius 3 is 2.62 bits per heavy atom. The van der Waals surface area contributed by atoms with Crippen molar-refractivity contribution in [2.24, 2.45) is 0 Å². The number of rotatable bonds is 3. The van der Waals surface area contributed by atoms with Gasteiger partial charge in [-0.3, -0.25) is 0 Å². The van der Waals surface area contributed by atoms with Crippen LogP contribution in [0, 0.1) is 0 Å². The highest BCUT2D eigenvalue weighted by atomic mass is 32.2. The number of nitrogens with zero attached hydrogens (tertiary/aromatic N) is 2. The number of anilines is 1. The van der Waals surface area contributed by atoms with E-state index in [0.29, 0.717) is 10.8 Å². The fourth-order valence-corrected chi connectivity index (χ4v) is 1.92. The van der Waals surface area contributed by atoms with Crippen molar-refractivity contribution < 1.29 is 4.74 Å². The van der Waals surface area contributed by atoms with Crippen molar-refractivity contribution in [3.63, 3.8) is 0 Å². The molecular weight excluding hydrogens is 222 g/mol. The van der Waals surface area contributed by atoms with Gasteiger partial charge in [-0.2, -0.15) is 0 Å². The summed E-state index contributed by atoms with van der Waals surface area (Å²) < 4.78 is 5.08. The molecule has 0 spiro atoms. The fourth-order valence-electron chi connectivity index (χ4n) is 1.18. The lowest BCUT2D eigenvalue weighted by molar-refractivity contribution is 0.415. The van der Waals surface area contributed by atoms with Gasteiger partial charge in [-0.05, 0) is 30.0 Å². The van der Waals surface area contributed by atoms with Gasteiger partial charge < -0.3 is 10.5 Å². The molecule has 1 aromatic heterocycles. The Hall–Kier alpha value is -1.75. The van der Waals surface area contributed by atoms with E-state index in [1.807, 2.05) is 12.1 Å². The van der Waals surface area contributed by atoms with Crippen molar-refractivity contribution in [1.29, 1.82) is 0 Å². The first-order valence-corrected chi connectivity index (χ1v) is 5.49. The molecule has 0 unspecified atom stereocenters. The van der Waals surface area contributed by atoms with Crippen molar-refractivity contribution in [1.82, 2.24) is 9.97 Å². The Labute approximate surface area is 97.9 Å². The smallest absolute Gasteiger partial charge is 0.192 e. The van der Waals surface area contributed by atoms with Crippen LogP contribution in [0.2, 0.25) is 0 Å². The summed E-state index contributed by atoms with van der Waals surface area (Å²) in [6, 6.07) is 7.32. The summed E-state index contributed by atoms with van der Waals surface area (Å²) in [5.74, 6) is 0.746. The first-order chi connectivity index (χ1) is 7.79. The number of nitrogen functional groups attached to an aromatic ring is 1. The molecule has 0 atom stereocenters. The number of hydrogen-bond donors (Lipinski definition) is 1. The molecule has 1 heterocycles. The molecule has 0 amide bonds. The van der Waals surface area contributed by atoms with Crippen LogP contribution in [0.1, 0.15) is 0 Å². The van der Waals surface area contributed by atoms with E-state index in [-0.39, 0.29) is 0 Å². The molecule has 2 N–H and O–H groups in total. The van der Waals surface area contributed by atoms with Crippen molar-refractivity contribution in [2.75, 3.05) is 12.8 Å². The molecule has 2 aromatic rings. The number of nitrogens with two attached hydrogens (primary N) is 1. The Bertz CT molecular complexity index is 476. The molecular formula is C11H11N3OS. The zero-order chi connectivity index (χ0) is 11.4. The zero-order valence-corrected chi connectivity index (χ0v) is 9.57. The largest absolute Gasteiger partial charge is 0.497 e. The lowest BCUT2D eigenvalue weighted by Gasteiger charge is -2.06. The maximum atomic E-state index is 5.89. The van der Waals surface area contributed by atoms with Crippen LogP contribution in [0.25, 0.3) is 0 Å². The maximum absolute atomic E-state index is 5.89. The molecule has 1 aromatic carbocycles. The quantitative estimate of drug-likeness (QED) is 0.650. The van der Waals surface area contributed by atoms with E-state index >= 15 is 0 Å². The first-order valence-electron chi connectivity index (χ1n) is 4.68. The third-order valence-corrected chi connectivity index (χ3v) is 2.95. The Balaban J connectivity index is 2.22. The molecule has 0 saturated heterocycles. The van der Waals surface area contributed by atoms with Crippen molar-refractivity contribution in [3.05, 3.63) is 36.7 Å². The van der Waals surface area contributed by atoms with Crippen LogP contribution >= 0.6 is 11.8 Å². The SMILES string of the molecule is COc1ccc(Sc2ncccn2)c(N)c1. The summed E-state index contributed by atoms with van der Waals surface area (Å²) in [5, 5.41) is 0.680. The van der Waals surface area contributed by atoms with E-state index in [1.165, 1.54) is 11.8 Å². The molecule has 82 valence electrons. The van der Waals surface area contributed by atoms with Crippen LogP contribution in [0.15, 0.2) is 46.7 Å². The van der Waals surface area contributed by atoms with Crippen molar-refractivity contribution in [2.45, 2.75) is 10.1 Å². The van der Waals surface area contributed by atoms with Crippen LogP contribution in [-0.4, -0.2) is 17.1 Å². The average Bonchev–Trinajstić information content (AvgIpc) is 2.33. The van der Waals surface area contributed by atoms with Gasteiger partial charge in [0.2, 0.25) is 0 Å². The summed E-state index contributed by atoms with van der Waals surface area (Å²) in [7, 11) is 1.61. The number of hydrogen-bond acceptors (Lipinski definition) is 5. The summed E-state index contributed by atoms with van der Waals surface area (Å²) in [4.78, 5) is 9.17. The predicted octanol–water partition coefficient (Wildman–Crippen LogP) is 2.22. The van der Waals surface area contributed by atoms with Gasteiger partial charge in [-0.1, -0.05) is 0 Å². The number of ether oxygens (including phenoxy) is 1. The Morgan fingerprint density at radius 2 is 2.00 bits per heavy atom. The molecule has 4 nitrogen and oxygen atoms in total. The number of aromatic nitrogens is 2. The number of methoxy groups -OCH3 is 1. The molecule has 16 heavy (non-hydrogen) atoms. The molecule has 0 aliphatic rings. The maximum Gasteiger partial charge on any atom is 0.192 e. The van der Waals surface area contributed by atoms with E-state index < -0.39 is 0 Å². The van der Waals surface area contributed by atoms with Gasteiger partial charge in [-0.15, -0.1) is 0 Å². The van der Waals surface area contributed by atoms with Gasteiger partial charge in [0.05, 0.1) is 7.11 Å². The standard InChI is InChI=1S/C11H11N3OS/c1-15-8-3-4-10(9(12)7-8)16-11-13-5-2-6-14-11/h2-7H,12H2,1H3. The fraction of sp³-hybridized carbons (Fsp3) is 0.0909. The summed E-state index contributed by atoms with van der Waals surface area (Å²) in [5.41, 5.74) is 6.55. The highest BCUT2D eigenvalue weighted by Crippen LogP contribution is 2.31. The van der Waals surface area contributed by atoms with Crippen LogP contribution in [0.5, 0.6) is 5.75 Å². The predicted molar refractivity (Wildman–Crippen MR) is 63.6 cm³/mol.